The highest BCUT2D eigenvalue weighted by atomic mass is 16.6. The van der Waals surface area contributed by atoms with E-state index in [4.69, 9.17) is 0 Å². The number of rotatable bonds is 4. The number of pyridine rings is 2. The maximum absolute atomic E-state index is 10.8. The van der Waals surface area contributed by atoms with Crippen molar-refractivity contribution >= 4 is 5.69 Å². The second-order valence-electron chi connectivity index (χ2n) is 5.57. The van der Waals surface area contributed by atoms with Crippen LogP contribution in [0.15, 0.2) is 73.1 Å². The maximum Gasteiger partial charge on any atom is 0.269 e. The summed E-state index contributed by atoms with van der Waals surface area (Å²) in [6, 6.07) is 17.0. The molecule has 0 aliphatic carbocycles. The highest BCUT2D eigenvalue weighted by molar-refractivity contribution is 5.75. The third kappa shape index (κ3) is 3.36. The van der Waals surface area contributed by atoms with Gasteiger partial charge in [-0.15, -0.1) is 10.2 Å². The Balaban J connectivity index is 1.85. The average molecular weight is 356 g/mol. The van der Waals surface area contributed by atoms with Crippen molar-refractivity contribution in [2.24, 2.45) is 0 Å². The number of nitro benzene ring substituents is 1. The number of aromatic nitrogens is 5. The van der Waals surface area contributed by atoms with Crippen LogP contribution in [0.2, 0.25) is 0 Å². The molecule has 0 aliphatic heterocycles. The van der Waals surface area contributed by atoms with Crippen molar-refractivity contribution < 1.29 is 4.92 Å². The van der Waals surface area contributed by atoms with E-state index in [0.717, 1.165) is 0 Å². The Labute approximate surface area is 153 Å². The minimum Gasteiger partial charge on any atom is -0.258 e. The molecule has 0 amide bonds. The highest BCUT2D eigenvalue weighted by Crippen LogP contribution is 2.28. The Kier molecular flexibility index (Phi) is 4.28. The molecule has 0 saturated heterocycles. The minimum absolute atomic E-state index is 0.00163. The first-order valence-electron chi connectivity index (χ1n) is 8.05. The van der Waals surface area contributed by atoms with Crippen LogP contribution in [0, 0.1) is 10.1 Å². The number of benzene rings is 1. The Morgan fingerprint density at radius 1 is 0.741 bits per heavy atom. The number of hydrogen-bond donors (Lipinski definition) is 0. The van der Waals surface area contributed by atoms with E-state index in [1.165, 1.54) is 12.1 Å². The second-order valence-corrected chi connectivity index (χ2v) is 5.57. The Morgan fingerprint density at radius 2 is 1.37 bits per heavy atom. The predicted molar refractivity (Wildman–Crippen MR) is 98.4 cm³/mol. The SMILES string of the molecule is O=[N+]([O-])c1ccc(-c2nnc(-c3ccccn3)c(-c3ccccn3)n2)cc1. The van der Waals surface area contributed by atoms with Gasteiger partial charge in [0.15, 0.2) is 5.82 Å². The topological polar surface area (TPSA) is 108 Å². The smallest absolute Gasteiger partial charge is 0.258 e. The van der Waals surface area contributed by atoms with Gasteiger partial charge in [0, 0.05) is 30.1 Å². The van der Waals surface area contributed by atoms with E-state index in [9.17, 15) is 10.1 Å². The van der Waals surface area contributed by atoms with Gasteiger partial charge in [0.1, 0.15) is 11.4 Å². The normalized spacial score (nSPS) is 10.5. The summed E-state index contributed by atoms with van der Waals surface area (Å²) in [4.78, 5) is 23.7. The van der Waals surface area contributed by atoms with E-state index >= 15 is 0 Å². The van der Waals surface area contributed by atoms with E-state index in [-0.39, 0.29) is 5.69 Å². The largest absolute Gasteiger partial charge is 0.269 e. The van der Waals surface area contributed by atoms with Crippen LogP contribution >= 0.6 is 0 Å². The summed E-state index contributed by atoms with van der Waals surface area (Å²) in [5, 5.41) is 19.3. The molecule has 130 valence electrons. The fraction of sp³-hybridized carbons (Fsp3) is 0. The van der Waals surface area contributed by atoms with E-state index in [2.05, 4.69) is 25.1 Å². The molecule has 4 rings (SSSR count). The molecule has 0 saturated carbocycles. The Morgan fingerprint density at radius 3 is 1.93 bits per heavy atom. The van der Waals surface area contributed by atoms with E-state index in [1.807, 2.05) is 36.4 Å². The summed E-state index contributed by atoms with van der Waals surface area (Å²) in [6.45, 7) is 0. The van der Waals surface area contributed by atoms with Crippen LogP contribution < -0.4 is 0 Å². The van der Waals surface area contributed by atoms with E-state index in [0.29, 0.717) is 34.2 Å². The summed E-state index contributed by atoms with van der Waals surface area (Å²) in [5.41, 5.74) is 2.95. The standard InChI is InChI=1S/C19H12N6O2/c26-25(27)14-9-7-13(8-10-14)19-22-17(15-5-1-3-11-20-15)18(23-24-19)16-6-2-4-12-21-16/h1-12H. The van der Waals surface area contributed by atoms with Crippen LogP contribution in [-0.4, -0.2) is 30.1 Å². The number of non-ortho nitro benzene ring substituents is 1. The molecule has 8 nitrogen and oxygen atoms in total. The van der Waals surface area contributed by atoms with Crippen LogP contribution in [0.4, 0.5) is 5.69 Å². The number of nitrogens with zero attached hydrogens (tertiary/aromatic N) is 6. The molecule has 27 heavy (non-hydrogen) atoms. The lowest BCUT2D eigenvalue weighted by Gasteiger charge is -2.08. The molecule has 0 atom stereocenters. The molecule has 0 spiro atoms. The molecular formula is C19H12N6O2. The van der Waals surface area contributed by atoms with Crippen LogP contribution in [0.1, 0.15) is 0 Å². The van der Waals surface area contributed by atoms with Gasteiger partial charge in [-0.05, 0) is 36.4 Å². The van der Waals surface area contributed by atoms with Crippen molar-refractivity contribution in [2.45, 2.75) is 0 Å². The van der Waals surface area contributed by atoms with Gasteiger partial charge in [-0.25, -0.2) is 4.98 Å². The van der Waals surface area contributed by atoms with Gasteiger partial charge in [-0.2, -0.15) is 0 Å². The van der Waals surface area contributed by atoms with Crippen molar-refractivity contribution in [1.82, 2.24) is 25.1 Å². The van der Waals surface area contributed by atoms with Crippen LogP contribution in [0.5, 0.6) is 0 Å². The van der Waals surface area contributed by atoms with Crippen LogP contribution in [0.3, 0.4) is 0 Å². The molecule has 0 fully saturated rings. The molecular weight excluding hydrogens is 344 g/mol. The first kappa shape index (κ1) is 16.4. The quantitative estimate of drug-likeness (QED) is 0.406. The fourth-order valence-corrected chi connectivity index (χ4v) is 2.54. The molecule has 0 N–H and O–H groups in total. The lowest BCUT2D eigenvalue weighted by molar-refractivity contribution is -0.384. The first-order valence-corrected chi connectivity index (χ1v) is 8.05. The summed E-state index contributed by atoms with van der Waals surface area (Å²) >= 11 is 0. The van der Waals surface area contributed by atoms with E-state index in [1.54, 1.807) is 24.5 Å². The lowest BCUT2D eigenvalue weighted by Crippen LogP contribution is -2.01. The predicted octanol–water partition coefficient (Wildman–Crippen LogP) is 3.57. The maximum atomic E-state index is 10.8. The number of nitro groups is 1. The van der Waals surface area contributed by atoms with Gasteiger partial charge in [0.2, 0.25) is 0 Å². The average Bonchev–Trinajstić information content (AvgIpc) is 2.74. The Bertz CT molecular complexity index is 1090. The van der Waals surface area contributed by atoms with Gasteiger partial charge in [-0.3, -0.25) is 20.1 Å². The zero-order valence-electron chi connectivity index (χ0n) is 13.9. The van der Waals surface area contributed by atoms with Crippen molar-refractivity contribution in [3.63, 3.8) is 0 Å². The van der Waals surface area contributed by atoms with Crippen molar-refractivity contribution in [2.75, 3.05) is 0 Å². The summed E-state index contributed by atoms with van der Waals surface area (Å²) in [6.07, 6.45) is 3.34. The molecule has 0 bridgehead atoms. The van der Waals surface area contributed by atoms with Gasteiger partial charge in [0.25, 0.3) is 5.69 Å². The van der Waals surface area contributed by atoms with Crippen molar-refractivity contribution in [3.05, 3.63) is 83.2 Å². The molecule has 3 aromatic heterocycles. The lowest BCUT2D eigenvalue weighted by atomic mass is 10.1. The van der Waals surface area contributed by atoms with Crippen LogP contribution in [0.25, 0.3) is 34.2 Å². The van der Waals surface area contributed by atoms with Gasteiger partial charge in [-0.1, -0.05) is 12.1 Å². The molecule has 0 aliphatic rings. The fourth-order valence-electron chi connectivity index (χ4n) is 2.54. The monoisotopic (exact) mass is 356 g/mol. The third-order valence-corrected chi connectivity index (χ3v) is 3.84. The van der Waals surface area contributed by atoms with E-state index < -0.39 is 4.92 Å². The zero-order chi connectivity index (χ0) is 18.6. The van der Waals surface area contributed by atoms with Crippen molar-refractivity contribution in [1.29, 1.82) is 0 Å². The highest BCUT2D eigenvalue weighted by Gasteiger charge is 2.16. The molecule has 8 heteroatoms. The summed E-state index contributed by atoms with van der Waals surface area (Å²) in [7, 11) is 0. The Hall–Kier alpha value is -4.07. The molecule has 0 radical (unpaired) electrons. The number of hydrogen-bond acceptors (Lipinski definition) is 7. The van der Waals surface area contributed by atoms with Gasteiger partial charge >= 0.3 is 0 Å². The molecule has 0 unspecified atom stereocenters. The van der Waals surface area contributed by atoms with Crippen molar-refractivity contribution in [3.8, 4) is 34.2 Å². The zero-order valence-corrected chi connectivity index (χ0v) is 13.9. The molecule has 1 aromatic carbocycles. The molecule has 4 aromatic rings. The second kappa shape index (κ2) is 7.04. The summed E-state index contributed by atoms with van der Waals surface area (Å²) in [5.74, 6) is 0.352. The third-order valence-electron chi connectivity index (χ3n) is 3.84. The first-order chi connectivity index (χ1) is 13.2. The minimum atomic E-state index is -0.452. The molecule has 3 heterocycles. The van der Waals surface area contributed by atoms with Crippen LogP contribution in [-0.2, 0) is 0 Å². The van der Waals surface area contributed by atoms with Gasteiger partial charge < -0.3 is 0 Å². The summed E-state index contributed by atoms with van der Waals surface area (Å²) < 4.78 is 0. The van der Waals surface area contributed by atoms with Gasteiger partial charge in [0.05, 0.1) is 16.3 Å².